The highest BCUT2D eigenvalue weighted by molar-refractivity contribution is 6.31. The molecule has 2 rings (SSSR count). The molecule has 1 aromatic heterocycles. The molecule has 0 unspecified atom stereocenters. The van der Waals surface area contributed by atoms with Gasteiger partial charge in [-0.2, -0.15) is 5.10 Å². The number of hydrogen-bond acceptors (Lipinski definition) is 2. The van der Waals surface area contributed by atoms with E-state index in [0.717, 1.165) is 22.0 Å². The second kappa shape index (κ2) is 3.95. The predicted molar refractivity (Wildman–Crippen MR) is 62.7 cm³/mol. The summed E-state index contributed by atoms with van der Waals surface area (Å²) in [6.45, 7) is 1.99. The van der Waals surface area contributed by atoms with Crippen LogP contribution in [0.5, 0.6) is 0 Å². The first-order valence-corrected chi connectivity index (χ1v) is 5.05. The zero-order valence-corrected chi connectivity index (χ0v) is 9.42. The Kier molecular flexibility index (Phi) is 2.64. The molecule has 0 bridgehead atoms. The lowest BCUT2D eigenvalue weighted by Gasteiger charge is -2.08. The Morgan fingerprint density at radius 1 is 1.40 bits per heavy atom. The summed E-state index contributed by atoms with van der Waals surface area (Å²) < 4.78 is 1.75. The van der Waals surface area contributed by atoms with E-state index >= 15 is 0 Å². The summed E-state index contributed by atoms with van der Waals surface area (Å²) in [4.78, 5) is 0. The number of hydrogen-bond donors (Lipinski definition) is 1. The van der Waals surface area contributed by atoms with Gasteiger partial charge >= 0.3 is 0 Å². The van der Waals surface area contributed by atoms with Gasteiger partial charge < -0.3 is 5.32 Å². The Hall–Kier alpha value is -1.48. The first kappa shape index (κ1) is 10.1. The van der Waals surface area contributed by atoms with Crippen LogP contribution in [-0.4, -0.2) is 9.78 Å². The highest BCUT2D eigenvalue weighted by Crippen LogP contribution is 2.25. The van der Waals surface area contributed by atoms with Crippen LogP contribution in [0.2, 0.25) is 5.02 Å². The zero-order chi connectivity index (χ0) is 10.8. The number of anilines is 2. The van der Waals surface area contributed by atoms with Crippen LogP contribution in [0.1, 0.15) is 5.56 Å². The summed E-state index contributed by atoms with van der Waals surface area (Å²) in [5, 5.41) is 8.12. The largest absolute Gasteiger partial charge is 0.353 e. The highest BCUT2D eigenvalue weighted by Gasteiger charge is 2.02. The van der Waals surface area contributed by atoms with Crippen LogP contribution in [0.15, 0.2) is 30.6 Å². The average Bonchev–Trinajstić information content (AvgIpc) is 2.59. The Balaban J connectivity index is 2.28. The minimum atomic E-state index is 0.767. The average molecular weight is 222 g/mol. The first-order valence-electron chi connectivity index (χ1n) is 4.67. The van der Waals surface area contributed by atoms with Crippen molar-refractivity contribution in [1.82, 2.24) is 9.78 Å². The minimum absolute atomic E-state index is 0.767. The highest BCUT2D eigenvalue weighted by atomic mass is 35.5. The molecule has 0 atom stereocenters. The predicted octanol–water partition coefficient (Wildman–Crippen LogP) is 3.13. The van der Waals surface area contributed by atoms with Gasteiger partial charge in [0.05, 0.1) is 11.9 Å². The molecule has 0 spiro atoms. The molecule has 0 aliphatic carbocycles. The van der Waals surface area contributed by atoms with Gasteiger partial charge in [-0.1, -0.05) is 17.7 Å². The molecular weight excluding hydrogens is 210 g/mol. The van der Waals surface area contributed by atoms with Crippen molar-refractivity contribution >= 4 is 23.0 Å². The van der Waals surface area contributed by atoms with Gasteiger partial charge in [-0.05, 0) is 24.6 Å². The summed E-state index contributed by atoms with van der Waals surface area (Å²) in [5.74, 6) is 0. The molecule has 0 fully saturated rings. The normalized spacial score (nSPS) is 10.3. The number of nitrogens with zero attached hydrogens (tertiary/aromatic N) is 2. The van der Waals surface area contributed by atoms with Crippen LogP contribution in [0.25, 0.3) is 0 Å². The maximum absolute atomic E-state index is 6.02. The molecule has 4 heteroatoms. The smallest absolute Gasteiger partial charge is 0.0770 e. The molecule has 15 heavy (non-hydrogen) atoms. The fourth-order valence-electron chi connectivity index (χ4n) is 1.38. The van der Waals surface area contributed by atoms with Crippen molar-refractivity contribution < 1.29 is 0 Å². The second-order valence-electron chi connectivity index (χ2n) is 3.44. The second-order valence-corrected chi connectivity index (χ2v) is 3.85. The molecule has 1 heterocycles. The monoisotopic (exact) mass is 221 g/mol. The Morgan fingerprint density at radius 3 is 2.87 bits per heavy atom. The Bertz CT molecular complexity index is 476. The number of aromatic nitrogens is 2. The third-order valence-corrected chi connectivity index (χ3v) is 2.66. The minimum Gasteiger partial charge on any atom is -0.353 e. The van der Waals surface area contributed by atoms with Gasteiger partial charge in [0.2, 0.25) is 0 Å². The quantitative estimate of drug-likeness (QED) is 0.845. The maximum Gasteiger partial charge on any atom is 0.0770 e. The van der Waals surface area contributed by atoms with Crippen molar-refractivity contribution in [2.24, 2.45) is 7.05 Å². The summed E-state index contributed by atoms with van der Waals surface area (Å²) >= 11 is 6.02. The van der Waals surface area contributed by atoms with E-state index in [2.05, 4.69) is 10.4 Å². The molecule has 0 aliphatic heterocycles. The van der Waals surface area contributed by atoms with Crippen molar-refractivity contribution in [3.63, 3.8) is 0 Å². The van der Waals surface area contributed by atoms with Crippen LogP contribution < -0.4 is 5.32 Å². The summed E-state index contributed by atoms with van der Waals surface area (Å²) in [6.07, 6.45) is 3.70. The molecule has 0 saturated heterocycles. The van der Waals surface area contributed by atoms with Gasteiger partial charge in [-0.15, -0.1) is 0 Å². The lowest BCUT2D eigenvalue weighted by atomic mass is 10.2. The van der Waals surface area contributed by atoms with Gasteiger partial charge in [0, 0.05) is 24.0 Å². The molecule has 78 valence electrons. The van der Waals surface area contributed by atoms with Gasteiger partial charge in [-0.25, -0.2) is 0 Å². The van der Waals surface area contributed by atoms with Crippen LogP contribution in [0, 0.1) is 6.92 Å². The fourth-order valence-corrected chi connectivity index (χ4v) is 1.56. The standard InChI is InChI=1S/C11H12ClN3/c1-8-10(12)4-3-5-11(8)14-9-6-13-15(2)7-9/h3-7,14H,1-2H3. The summed E-state index contributed by atoms with van der Waals surface area (Å²) in [5.41, 5.74) is 3.02. The van der Waals surface area contributed by atoms with Crippen molar-refractivity contribution in [2.75, 3.05) is 5.32 Å². The SMILES string of the molecule is Cc1c(Cl)cccc1Nc1cnn(C)c1. The van der Waals surface area contributed by atoms with Gasteiger partial charge in [0.15, 0.2) is 0 Å². The molecule has 1 N–H and O–H groups in total. The van der Waals surface area contributed by atoms with E-state index in [9.17, 15) is 0 Å². The molecule has 0 aliphatic rings. The third-order valence-electron chi connectivity index (χ3n) is 2.25. The van der Waals surface area contributed by atoms with Crippen LogP contribution in [0.4, 0.5) is 11.4 Å². The van der Waals surface area contributed by atoms with Crippen LogP contribution in [0.3, 0.4) is 0 Å². The Morgan fingerprint density at radius 2 is 2.20 bits per heavy atom. The van der Waals surface area contributed by atoms with Gasteiger partial charge in [0.25, 0.3) is 0 Å². The number of halogens is 1. The topological polar surface area (TPSA) is 29.9 Å². The number of benzene rings is 1. The molecule has 0 saturated carbocycles. The Labute approximate surface area is 93.7 Å². The first-order chi connectivity index (χ1) is 7.16. The fraction of sp³-hybridized carbons (Fsp3) is 0.182. The van der Waals surface area contributed by atoms with Crippen molar-refractivity contribution in [3.8, 4) is 0 Å². The van der Waals surface area contributed by atoms with Crippen LogP contribution >= 0.6 is 11.6 Å². The van der Waals surface area contributed by atoms with Gasteiger partial charge in [0.1, 0.15) is 0 Å². The molecule has 0 radical (unpaired) electrons. The lowest BCUT2D eigenvalue weighted by Crippen LogP contribution is -1.92. The number of rotatable bonds is 2. The molecule has 0 amide bonds. The lowest BCUT2D eigenvalue weighted by molar-refractivity contribution is 0.768. The van der Waals surface area contributed by atoms with Crippen molar-refractivity contribution in [1.29, 1.82) is 0 Å². The van der Waals surface area contributed by atoms with E-state index < -0.39 is 0 Å². The third kappa shape index (κ3) is 2.13. The van der Waals surface area contributed by atoms with Crippen molar-refractivity contribution in [3.05, 3.63) is 41.2 Å². The van der Waals surface area contributed by atoms with Crippen molar-refractivity contribution in [2.45, 2.75) is 6.92 Å². The molecule has 2 aromatic rings. The number of aryl methyl sites for hydroxylation is 1. The molecule has 1 aromatic carbocycles. The van der Waals surface area contributed by atoms with E-state index in [-0.39, 0.29) is 0 Å². The molecular formula is C11H12ClN3. The van der Waals surface area contributed by atoms with Gasteiger partial charge in [-0.3, -0.25) is 4.68 Å². The van der Waals surface area contributed by atoms with E-state index in [1.165, 1.54) is 0 Å². The zero-order valence-electron chi connectivity index (χ0n) is 8.66. The van der Waals surface area contributed by atoms with E-state index in [4.69, 9.17) is 11.6 Å². The summed E-state index contributed by atoms with van der Waals surface area (Å²) in [7, 11) is 1.88. The summed E-state index contributed by atoms with van der Waals surface area (Å²) in [6, 6.07) is 5.80. The maximum atomic E-state index is 6.02. The van der Waals surface area contributed by atoms with Crippen LogP contribution in [-0.2, 0) is 7.05 Å². The van der Waals surface area contributed by atoms with E-state index in [1.54, 1.807) is 10.9 Å². The molecule has 3 nitrogen and oxygen atoms in total. The van der Waals surface area contributed by atoms with E-state index in [1.807, 2.05) is 38.4 Å². The number of nitrogens with one attached hydrogen (secondary N) is 1. The van der Waals surface area contributed by atoms with E-state index in [0.29, 0.717) is 0 Å².